The molecule has 0 saturated heterocycles. The smallest absolute Gasteiger partial charge is 0.291 e. The highest BCUT2D eigenvalue weighted by Crippen LogP contribution is 2.30. The number of halogens is 1. The maximum atomic E-state index is 12.3. The van der Waals surface area contributed by atoms with Gasteiger partial charge in [-0.2, -0.15) is 5.10 Å². The first-order valence-electron chi connectivity index (χ1n) is 7.37. The van der Waals surface area contributed by atoms with Crippen LogP contribution < -0.4 is 10.9 Å². The summed E-state index contributed by atoms with van der Waals surface area (Å²) in [4.78, 5) is 14.6. The summed E-state index contributed by atoms with van der Waals surface area (Å²) in [6.07, 6.45) is 3.95. The quantitative estimate of drug-likeness (QED) is 0.798. The van der Waals surface area contributed by atoms with E-state index in [-0.39, 0.29) is 5.56 Å². The van der Waals surface area contributed by atoms with Crippen LogP contribution in [-0.2, 0) is 6.54 Å². The Labute approximate surface area is 124 Å². The van der Waals surface area contributed by atoms with Crippen molar-refractivity contribution in [1.82, 2.24) is 14.7 Å². The van der Waals surface area contributed by atoms with Crippen LogP contribution in [0.25, 0.3) is 0 Å². The average molecular weight is 299 g/mol. The standard InChI is InChI=1S/C14H23ClN4O/c1-3-18(4-2)8-7-16-13-12(15)9-17-19(14(13)20)10-11-5-6-11/h9,11,16H,3-8,10H2,1-2H3. The molecule has 1 aliphatic carbocycles. The molecule has 0 atom stereocenters. The normalized spacial score (nSPS) is 14.8. The zero-order valence-corrected chi connectivity index (χ0v) is 13.0. The van der Waals surface area contributed by atoms with E-state index in [1.165, 1.54) is 17.5 Å². The predicted molar refractivity (Wildman–Crippen MR) is 82.5 cm³/mol. The predicted octanol–water partition coefficient (Wildman–Crippen LogP) is 2.06. The fraction of sp³-hybridized carbons (Fsp3) is 0.714. The van der Waals surface area contributed by atoms with E-state index in [2.05, 4.69) is 29.2 Å². The number of likely N-dealkylation sites (N-methyl/N-ethyl adjacent to an activating group) is 1. The van der Waals surface area contributed by atoms with Crippen molar-refractivity contribution in [3.63, 3.8) is 0 Å². The molecule has 20 heavy (non-hydrogen) atoms. The number of aromatic nitrogens is 2. The van der Waals surface area contributed by atoms with Gasteiger partial charge >= 0.3 is 0 Å². The topological polar surface area (TPSA) is 50.2 Å². The van der Waals surface area contributed by atoms with Crippen LogP contribution >= 0.6 is 11.6 Å². The minimum Gasteiger partial charge on any atom is -0.378 e. The van der Waals surface area contributed by atoms with Crippen LogP contribution in [0.2, 0.25) is 5.02 Å². The van der Waals surface area contributed by atoms with E-state index in [9.17, 15) is 4.79 Å². The Balaban J connectivity index is 2.00. The summed E-state index contributed by atoms with van der Waals surface area (Å²) in [6.45, 7) is 8.60. The van der Waals surface area contributed by atoms with Crippen LogP contribution in [0.15, 0.2) is 11.0 Å². The van der Waals surface area contributed by atoms with Crippen molar-refractivity contribution < 1.29 is 0 Å². The summed E-state index contributed by atoms with van der Waals surface area (Å²) in [5.41, 5.74) is 0.374. The Morgan fingerprint density at radius 3 is 2.75 bits per heavy atom. The fourth-order valence-corrected chi connectivity index (χ4v) is 2.37. The van der Waals surface area contributed by atoms with Crippen molar-refractivity contribution in [2.45, 2.75) is 33.2 Å². The Morgan fingerprint density at radius 1 is 1.45 bits per heavy atom. The number of anilines is 1. The zero-order valence-electron chi connectivity index (χ0n) is 12.2. The van der Waals surface area contributed by atoms with E-state index in [4.69, 9.17) is 11.6 Å². The van der Waals surface area contributed by atoms with Crippen molar-refractivity contribution in [2.75, 3.05) is 31.5 Å². The fourth-order valence-electron chi connectivity index (χ4n) is 2.18. The van der Waals surface area contributed by atoms with Crippen LogP contribution in [0.4, 0.5) is 5.69 Å². The first-order valence-corrected chi connectivity index (χ1v) is 7.75. The largest absolute Gasteiger partial charge is 0.378 e. The Kier molecular flexibility index (Phi) is 5.43. The highest BCUT2D eigenvalue weighted by Gasteiger charge is 2.23. The molecular weight excluding hydrogens is 276 g/mol. The second-order valence-electron chi connectivity index (χ2n) is 5.25. The molecule has 1 heterocycles. The van der Waals surface area contributed by atoms with Gasteiger partial charge in [-0.05, 0) is 31.8 Å². The van der Waals surface area contributed by atoms with Crippen molar-refractivity contribution in [3.8, 4) is 0 Å². The molecule has 0 spiro atoms. The highest BCUT2D eigenvalue weighted by atomic mass is 35.5. The van der Waals surface area contributed by atoms with Gasteiger partial charge < -0.3 is 10.2 Å². The third kappa shape index (κ3) is 3.96. The molecule has 5 nitrogen and oxygen atoms in total. The van der Waals surface area contributed by atoms with Gasteiger partial charge in [0.2, 0.25) is 0 Å². The van der Waals surface area contributed by atoms with Crippen molar-refractivity contribution in [3.05, 3.63) is 21.6 Å². The molecule has 0 aliphatic heterocycles. The molecule has 2 rings (SSSR count). The minimum absolute atomic E-state index is 0.107. The maximum Gasteiger partial charge on any atom is 0.291 e. The van der Waals surface area contributed by atoms with E-state index in [0.717, 1.165) is 19.6 Å². The first kappa shape index (κ1) is 15.3. The molecule has 0 amide bonds. The third-order valence-corrected chi connectivity index (χ3v) is 4.04. The van der Waals surface area contributed by atoms with Gasteiger partial charge in [-0.1, -0.05) is 25.4 Å². The van der Waals surface area contributed by atoms with E-state index in [1.807, 2.05) is 0 Å². The van der Waals surface area contributed by atoms with E-state index in [0.29, 0.717) is 29.7 Å². The summed E-state index contributed by atoms with van der Waals surface area (Å²) in [7, 11) is 0. The van der Waals surface area contributed by atoms with Crippen LogP contribution in [-0.4, -0.2) is 40.9 Å². The van der Waals surface area contributed by atoms with Gasteiger partial charge in [-0.15, -0.1) is 0 Å². The van der Waals surface area contributed by atoms with E-state index < -0.39 is 0 Å². The van der Waals surface area contributed by atoms with Crippen LogP contribution in [0.3, 0.4) is 0 Å². The zero-order chi connectivity index (χ0) is 14.5. The summed E-state index contributed by atoms with van der Waals surface area (Å²) < 4.78 is 1.53. The van der Waals surface area contributed by atoms with Crippen LogP contribution in [0.1, 0.15) is 26.7 Å². The molecule has 112 valence electrons. The monoisotopic (exact) mass is 298 g/mol. The van der Waals surface area contributed by atoms with Gasteiger partial charge in [0.25, 0.3) is 5.56 Å². The number of hydrogen-bond acceptors (Lipinski definition) is 4. The van der Waals surface area contributed by atoms with Gasteiger partial charge in [-0.3, -0.25) is 4.79 Å². The average Bonchev–Trinajstić information content (AvgIpc) is 3.25. The maximum absolute atomic E-state index is 12.3. The second-order valence-corrected chi connectivity index (χ2v) is 5.66. The molecule has 1 aromatic heterocycles. The number of nitrogens with zero attached hydrogens (tertiary/aromatic N) is 3. The van der Waals surface area contributed by atoms with Gasteiger partial charge in [0.1, 0.15) is 5.69 Å². The molecule has 0 unspecified atom stereocenters. The SMILES string of the molecule is CCN(CC)CCNc1c(Cl)cnn(CC2CC2)c1=O. The number of nitrogens with one attached hydrogen (secondary N) is 1. The van der Waals surface area contributed by atoms with E-state index in [1.54, 1.807) is 6.20 Å². The molecule has 0 bridgehead atoms. The van der Waals surface area contributed by atoms with Crippen molar-refractivity contribution >= 4 is 17.3 Å². The molecule has 1 N–H and O–H groups in total. The molecule has 1 fully saturated rings. The third-order valence-electron chi connectivity index (χ3n) is 3.75. The van der Waals surface area contributed by atoms with E-state index >= 15 is 0 Å². The summed E-state index contributed by atoms with van der Waals surface area (Å²) in [6, 6.07) is 0. The highest BCUT2D eigenvalue weighted by molar-refractivity contribution is 6.32. The molecule has 1 aliphatic rings. The van der Waals surface area contributed by atoms with Gasteiger partial charge in [0.05, 0.1) is 11.2 Å². The Hall–Kier alpha value is -1.07. The van der Waals surface area contributed by atoms with Crippen molar-refractivity contribution in [2.24, 2.45) is 5.92 Å². The lowest BCUT2D eigenvalue weighted by atomic mass is 10.4. The molecule has 0 radical (unpaired) electrons. The van der Waals surface area contributed by atoms with Crippen molar-refractivity contribution in [1.29, 1.82) is 0 Å². The summed E-state index contributed by atoms with van der Waals surface area (Å²) in [5.74, 6) is 0.616. The van der Waals surface area contributed by atoms with Gasteiger partial charge in [-0.25, -0.2) is 4.68 Å². The Morgan fingerprint density at radius 2 is 2.15 bits per heavy atom. The molecule has 1 aromatic rings. The van der Waals surface area contributed by atoms with Crippen LogP contribution in [0.5, 0.6) is 0 Å². The lowest BCUT2D eigenvalue weighted by Crippen LogP contribution is -2.31. The molecular formula is C14H23ClN4O. The van der Waals surface area contributed by atoms with Crippen LogP contribution in [0, 0.1) is 5.92 Å². The lowest BCUT2D eigenvalue weighted by Gasteiger charge is -2.18. The molecule has 1 saturated carbocycles. The lowest BCUT2D eigenvalue weighted by molar-refractivity contribution is 0.316. The summed E-state index contributed by atoms with van der Waals surface area (Å²) >= 11 is 6.08. The first-order chi connectivity index (χ1) is 9.65. The Bertz CT molecular complexity index is 494. The number of rotatable bonds is 8. The van der Waals surface area contributed by atoms with Gasteiger partial charge in [0, 0.05) is 19.6 Å². The minimum atomic E-state index is -0.107. The number of hydrogen-bond donors (Lipinski definition) is 1. The second kappa shape index (κ2) is 7.09. The van der Waals surface area contributed by atoms with Gasteiger partial charge in [0.15, 0.2) is 0 Å². The molecule has 6 heteroatoms. The summed E-state index contributed by atoms with van der Waals surface area (Å²) in [5, 5.41) is 7.69. The molecule has 0 aromatic carbocycles.